The summed E-state index contributed by atoms with van der Waals surface area (Å²) in [6.07, 6.45) is 1.31. The van der Waals surface area contributed by atoms with Crippen molar-refractivity contribution in [1.29, 1.82) is 0 Å². The van der Waals surface area contributed by atoms with Gasteiger partial charge in [0.1, 0.15) is 0 Å². The third kappa shape index (κ3) is 2.39. The molecule has 0 aliphatic carbocycles. The highest BCUT2D eigenvalue weighted by molar-refractivity contribution is 6.68. The van der Waals surface area contributed by atoms with E-state index in [1.165, 1.54) is 24.3 Å². The summed E-state index contributed by atoms with van der Waals surface area (Å²) in [5.74, 6) is 0. The van der Waals surface area contributed by atoms with Crippen LogP contribution in [0.15, 0.2) is 23.2 Å². The van der Waals surface area contributed by atoms with Crippen LogP contribution >= 0.6 is 23.2 Å². The predicted molar refractivity (Wildman–Crippen MR) is 49.4 cm³/mol. The second-order valence-corrected chi connectivity index (χ2v) is 2.92. The summed E-state index contributed by atoms with van der Waals surface area (Å²) in [7, 11) is 0. The van der Waals surface area contributed by atoms with Crippen molar-refractivity contribution in [2.45, 2.75) is 0 Å². The standard InChI is InChI=1S/C8H3Cl2NO2/c9-5-1-2-6(8(10)13)7(3-5)11-4-12/h1-3H. The third-order valence-electron chi connectivity index (χ3n) is 1.34. The SMILES string of the molecule is O=C=Nc1cc(Cl)ccc1C(=O)Cl. The van der Waals surface area contributed by atoms with Gasteiger partial charge in [0.05, 0.1) is 11.3 Å². The van der Waals surface area contributed by atoms with Crippen LogP contribution in [0.3, 0.4) is 0 Å². The fraction of sp³-hybridized carbons (Fsp3) is 0. The Hall–Kier alpha value is -1.15. The molecule has 0 fully saturated rings. The zero-order chi connectivity index (χ0) is 9.84. The van der Waals surface area contributed by atoms with Crippen molar-refractivity contribution in [3.63, 3.8) is 0 Å². The molecule has 0 atom stereocenters. The average molecular weight is 216 g/mol. The Bertz CT molecular complexity index is 397. The summed E-state index contributed by atoms with van der Waals surface area (Å²) in [6.45, 7) is 0. The number of rotatable bonds is 2. The van der Waals surface area contributed by atoms with Crippen molar-refractivity contribution in [1.82, 2.24) is 0 Å². The molecule has 0 saturated heterocycles. The number of carbonyl (C=O) groups is 1. The molecule has 0 N–H and O–H groups in total. The van der Waals surface area contributed by atoms with Crippen LogP contribution < -0.4 is 0 Å². The van der Waals surface area contributed by atoms with E-state index < -0.39 is 5.24 Å². The third-order valence-corrected chi connectivity index (χ3v) is 1.78. The van der Waals surface area contributed by atoms with Crippen LogP contribution in [0.4, 0.5) is 5.69 Å². The highest BCUT2D eigenvalue weighted by Crippen LogP contribution is 2.24. The van der Waals surface area contributed by atoms with Gasteiger partial charge in [0.2, 0.25) is 6.08 Å². The molecular weight excluding hydrogens is 213 g/mol. The van der Waals surface area contributed by atoms with E-state index >= 15 is 0 Å². The van der Waals surface area contributed by atoms with Gasteiger partial charge in [-0.3, -0.25) is 4.79 Å². The lowest BCUT2D eigenvalue weighted by Gasteiger charge is -1.98. The molecule has 3 nitrogen and oxygen atoms in total. The molecule has 0 spiro atoms. The van der Waals surface area contributed by atoms with Gasteiger partial charge in [-0.2, -0.15) is 4.99 Å². The molecule has 1 aromatic rings. The minimum Gasteiger partial charge on any atom is -0.276 e. The van der Waals surface area contributed by atoms with Crippen LogP contribution in [0.1, 0.15) is 10.4 Å². The van der Waals surface area contributed by atoms with Gasteiger partial charge >= 0.3 is 0 Å². The molecule has 13 heavy (non-hydrogen) atoms. The van der Waals surface area contributed by atoms with E-state index in [2.05, 4.69) is 4.99 Å². The molecule has 0 unspecified atom stereocenters. The molecule has 5 heteroatoms. The van der Waals surface area contributed by atoms with Crippen molar-refractivity contribution < 1.29 is 9.59 Å². The Kier molecular flexibility index (Phi) is 3.20. The lowest BCUT2D eigenvalue weighted by Crippen LogP contribution is -1.88. The number of halogens is 2. The second-order valence-electron chi connectivity index (χ2n) is 2.14. The number of carbonyl (C=O) groups excluding carboxylic acids is 2. The number of hydrogen-bond donors (Lipinski definition) is 0. The lowest BCUT2D eigenvalue weighted by atomic mass is 10.2. The van der Waals surface area contributed by atoms with Gasteiger partial charge in [-0.1, -0.05) is 11.6 Å². The minimum absolute atomic E-state index is 0.127. The van der Waals surface area contributed by atoms with E-state index in [1.54, 1.807) is 0 Å². The van der Waals surface area contributed by atoms with Gasteiger partial charge < -0.3 is 0 Å². The molecule has 0 amide bonds. The summed E-state index contributed by atoms with van der Waals surface area (Å²) < 4.78 is 0. The molecule has 1 aromatic carbocycles. The monoisotopic (exact) mass is 215 g/mol. The summed E-state index contributed by atoms with van der Waals surface area (Å²) >= 11 is 10.8. The van der Waals surface area contributed by atoms with Crippen LogP contribution in [0, 0.1) is 0 Å². The number of nitrogens with zero attached hydrogens (tertiary/aromatic N) is 1. The molecule has 66 valence electrons. The Morgan fingerprint density at radius 2 is 2.15 bits per heavy atom. The molecule has 0 aliphatic rings. The van der Waals surface area contributed by atoms with Crippen LogP contribution in [0.5, 0.6) is 0 Å². The van der Waals surface area contributed by atoms with Gasteiger partial charge in [0, 0.05) is 5.02 Å². The lowest BCUT2D eigenvalue weighted by molar-refractivity contribution is 0.108. The first-order valence-corrected chi connectivity index (χ1v) is 3.98. The number of benzene rings is 1. The maximum Gasteiger partial charge on any atom is 0.254 e. The van der Waals surface area contributed by atoms with Gasteiger partial charge in [0.25, 0.3) is 5.24 Å². The molecule has 0 saturated carbocycles. The average Bonchev–Trinajstić information content (AvgIpc) is 2.04. The normalized spacial score (nSPS) is 9.08. The topological polar surface area (TPSA) is 46.5 Å². The summed E-state index contributed by atoms with van der Waals surface area (Å²) in [4.78, 5) is 24.0. The molecule has 0 bridgehead atoms. The second kappa shape index (κ2) is 4.19. The van der Waals surface area contributed by atoms with Crippen LogP contribution in [-0.4, -0.2) is 11.3 Å². The van der Waals surface area contributed by atoms with Gasteiger partial charge in [-0.15, -0.1) is 0 Å². The number of isocyanates is 1. The molecular formula is C8H3Cl2NO2. The molecule has 0 heterocycles. The first kappa shape index (κ1) is 9.93. The maximum absolute atomic E-state index is 10.8. The van der Waals surface area contributed by atoms with Crippen molar-refractivity contribution in [2.24, 2.45) is 4.99 Å². The van der Waals surface area contributed by atoms with Crippen LogP contribution in [0.25, 0.3) is 0 Å². The quantitative estimate of drug-likeness (QED) is 0.433. The fourth-order valence-corrected chi connectivity index (χ4v) is 1.14. The van der Waals surface area contributed by atoms with Crippen LogP contribution in [-0.2, 0) is 4.79 Å². The van der Waals surface area contributed by atoms with Gasteiger partial charge in [-0.05, 0) is 29.8 Å². The van der Waals surface area contributed by atoms with E-state index in [4.69, 9.17) is 23.2 Å². The Labute approximate surface area is 84.0 Å². The number of hydrogen-bond acceptors (Lipinski definition) is 3. The van der Waals surface area contributed by atoms with E-state index in [-0.39, 0.29) is 11.3 Å². The minimum atomic E-state index is -0.689. The van der Waals surface area contributed by atoms with Gasteiger partial charge in [0.15, 0.2) is 0 Å². The van der Waals surface area contributed by atoms with Gasteiger partial charge in [-0.25, -0.2) is 4.79 Å². The molecule has 0 radical (unpaired) electrons. The van der Waals surface area contributed by atoms with E-state index in [0.717, 1.165) is 0 Å². The summed E-state index contributed by atoms with van der Waals surface area (Å²) in [5.41, 5.74) is 0.261. The van der Waals surface area contributed by atoms with Crippen molar-refractivity contribution in [2.75, 3.05) is 0 Å². The highest BCUT2D eigenvalue weighted by Gasteiger charge is 2.08. The molecule has 1 rings (SSSR count). The van der Waals surface area contributed by atoms with E-state index in [9.17, 15) is 9.59 Å². The Morgan fingerprint density at radius 3 is 2.69 bits per heavy atom. The molecule has 0 aliphatic heterocycles. The van der Waals surface area contributed by atoms with E-state index in [1.807, 2.05) is 0 Å². The van der Waals surface area contributed by atoms with E-state index in [0.29, 0.717) is 5.02 Å². The Morgan fingerprint density at radius 1 is 1.46 bits per heavy atom. The summed E-state index contributed by atoms with van der Waals surface area (Å²) in [6, 6.07) is 4.25. The van der Waals surface area contributed by atoms with Crippen LogP contribution in [0.2, 0.25) is 5.02 Å². The zero-order valence-corrected chi connectivity index (χ0v) is 7.76. The van der Waals surface area contributed by atoms with Crippen molar-refractivity contribution >= 4 is 40.2 Å². The zero-order valence-electron chi connectivity index (χ0n) is 6.25. The van der Waals surface area contributed by atoms with Crippen molar-refractivity contribution in [3.8, 4) is 0 Å². The fourth-order valence-electron chi connectivity index (χ4n) is 0.813. The number of aliphatic imine (C=N–C) groups is 1. The largest absolute Gasteiger partial charge is 0.276 e. The van der Waals surface area contributed by atoms with Crippen molar-refractivity contribution in [3.05, 3.63) is 28.8 Å². The Balaban J connectivity index is 3.34. The summed E-state index contributed by atoms with van der Waals surface area (Å²) in [5, 5.41) is -0.318. The first-order chi connectivity index (χ1) is 6.15. The first-order valence-electron chi connectivity index (χ1n) is 3.22. The highest BCUT2D eigenvalue weighted by atomic mass is 35.5. The maximum atomic E-state index is 10.8. The molecule has 0 aromatic heterocycles. The smallest absolute Gasteiger partial charge is 0.254 e. The predicted octanol–water partition coefficient (Wildman–Crippen LogP) is 2.69.